The molecule has 0 aromatic carbocycles. The SMILES string of the molecule is CC1=CC(O)(C(C)(C)O)CCC1. The fourth-order valence-electron chi connectivity index (χ4n) is 1.67. The van der Waals surface area contributed by atoms with Crippen LogP contribution in [0.5, 0.6) is 0 Å². The third-order valence-corrected chi connectivity index (χ3v) is 2.67. The molecule has 70 valence electrons. The summed E-state index contributed by atoms with van der Waals surface area (Å²) in [4.78, 5) is 0. The molecule has 1 atom stereocenters. The van der Waals surface area contributed by atoms with Crippen LogP contribution in [0.3, 0.4) is 0 Å². The van der Waals surface area contributed by atoms with Gasteiger partial charge in [-0.3, -0.25) is 0 Å². The van der Waals surface area contributed by atoms with E-state index in [9.17, 15) is 10.2 Å². The average molecular weight is 170 g/mol. The second-order valence-electron chi connectivity index (χ2n) is 4.33. The zero-order valence-electron chi connectivity index (χ0n) is 8.09. The fourth-order valence-corrected chi connectivity index (χ4v) is 1.67. The lowest BCUT2D eigenvalue weighted by Gasteiger charge is -2.39. The second kappa shape index (κ2) is 2.86. The predicted molar refractivity (Wildman–Crippen MR) is 48.9 cm³/mol. The summed E-state index contributed by atoms with van der Waals surface area (Å²) in [5.74, 6) is 0. The quantitative estimate of drug-likeness (QED) is 0.587. The maximum absolute atomic E-state index is 10.1. The predicted octanol–water partition coefficient (Wildman–Crippen LogP) is 1.62. The van der Waals surface area contributed by atoms with Crippen LogP contribution < -0.4 is 0 Å². The highest BCUT2D eigenvalue weighted by atomic mass is 16.4. The number of allylic oxidation sites excluding steroid dienone is 1. The summed E-state index contributed by atoms with van der Waals surface area (Å²) in [6, 6.07) is 0. The molecule has 0 amide bonds. The molecule has 0 bridgehead atoms. The minimum absolute atomic E-state index is 0.661. The van der Waals surface area contributed by atoms with Crippen molar-refractivity contribution in [1.29, 1.82) is 0 Å². The van der Waals surface area contributed by atoms with E-state index in [1.807, 2.05) is 6.92 Å². The Hall–Kier alpha value is -0.340. The molecule has 2 N–H and O–H groups in total. The van der Waals surface area contributed by atoms with Crippen LogP contribution in [0.2, 0.25) is 0 Å². The second-order valence-corrected chi connectivity index (χ2v) is 4.33. The van der Waals surface area contributed by atoms with Crippen LogP contribution in [-0.2, 0) is 0 Å². The number of hydrogen-bond donors (Lipinski definition) is 2. The van der Waals surface area contributed by atoms with Crippen molar-refractivity contribution in [3.05, 3.63) is 11.6 Å². The van der Waals surface area contributed by atoms with Crippen molar-refractivity contribution in [2.75, 3.05) is 0 Å². The van der Waals surface area contributed by atoms with Crippen LogP contribution in [0.25, 0.3) is 0 Å². The summed E-state index contributed by atoms with van der Waals surface area (Å²) < 4.78 is 0. The van der Waals surface area contributed by atoms with Crippen LogP contribution >= 0.6 is 0 Å². The zero-order chi connectivity index (χ0) is 9.41. The van der Waals surface area contributed by atoms with E-state index in [-0.39, 0.29) is 0 Å². The minimum atomic E-state index is -1.03. The van der Waals surface area contributed by atoms with Gasteiger partial charge >= 0.3 is 0 Å². The summed E-state index contributed by atoms with van der Waals surface area (Å²) in [5, 5.41) is 19.8. The van der Waals surface area contributed by atoms with Gasteiger partial charge in [-0.2, -0.15) is 0 Å². The molecule has 1 aliphatic rings. The van der Waals surface area contributed by atoms with Gasteiger partial charge in [-0.25, -0.2) is 0 Å². The van der Waals surface area contributed by atoms with Crippen molar-refractivity contribution in [1.82, 2.24) is 0 Å². The highest BCUT2D eigenvalue weighted by molar-refractivity contribution is 5.18. The molecule has 2 nitrogen and oxygen atoms in total. The summed E-state index contributed by atoms with van der Waals surface area (Å²) >= 11 is 0. The normalized spacial score (nSPS) is 31.6. The highest BCUT2D eigenvalue weighted by Gasteiger charge is 2.41. The van der Waals surface area contributed by atoms with Gasteiger partial charge in [0.25, 0.3) is 0 Å². The fraction of sp³-hybridized carbons (Fsp3) is 0.800. The van der Waals surface area contributed by atoms with Crippen molar-refractivity contribution >= 4 is 0 Å². The Balaban J connectivity index is 2.91. The highest BCUT2D eigenvalue weighted by Crippen LogP contribution is 2.34. The molecule has 0 aromatic rings. The van der Waals surface area contributed by atoms with Crippen molar-refractivity contribution in [2.45, 2.75) is 51.2 Å². The van der Waals surface area contributed by atoms with Gasteiger partial charge in [0.15, 0.2) is 0 Å². The lowest BCUT2D eigenvalue weighted by Crippen LogP contribution is -2.49. The number of rotatable bonds is 1. The first-order valence-corrected chi connectivity index (χ1v) is 4.48. The summed E-state index contributed by atoms with van der Waals surface area (Å²) in [5.41, 5.74) is -0.879. The Morgan fingerprint density at radius 3 is 2.42 bits per heavy atom. The molecule has 0 aliphatic heterocycles. The van der Waals surface area contributed by atoms with Gasteiger partial charge in [0, 0.05) is 0 Å². The molecule has 1 unspecified atom stereocenters. The molecule has 1 rings (SSSR count). The van der Waals surface area contributed by atoms with Crippen LogP contribution in [0.1, 0.15) is 40.0 Å². The van der Waals surface area contributed by atoms with Gasteiger partial charge < -0.3 is 10.2 Å². The maximum Gasteiger partial charge on any atom is 0.111 e. The Morgan fingerprint density at radius 2 is 2.08 bits per heavy atom. The number of aliphatic hydroxyl groups is 2. The Labute approximate surface area is 73.9 Å². The molecule has 0 fully saturated rings. The molecule has 0 aromatic heterocycles. The summed E-state index contributed by atoms with van der Waals surface area (Å²) in [6.07, 6.45) is 4.46. The largest absolute Gasteiger partial charge is 0.387 e. The molecule has 0 saturated carbocycles. The van der Waals surface area contributed by atoms with Gasteiger partial charge in [-0.05, 0) is 40.0 Å². The standard InChI is InChI=1S/C10H18O2/c1-8-5-4-6-10(12,7-8)9(2,3)11/h7,11-12H,4-6H2,1-3H3. The third kappa shape index (κ3) is 1.70. The van der Waals surface area contributed by atoms with Gasteiger partial charge in [0.1, 0.15) is 5.60 Å². The topological polar surface area (TPSA) is 40.5 Å². The lowest BCUT2D eigenvalue weighted by atomic mass is 9.77. The van der Waals surface area contributed by atoms with Crippen LogP contribution in [0.4, 0.5) is 0 Å². The molecular weight excluding hydrogens is 152 g/mol. The van der Waals surface area contributed by atoms with Crippen LogP contribution in [0, 0.1) is 0 Å². The molecule has 0 saturated heterocycles. The first kappa shape index (κ1) is 9.75. The van der Waals surface area contributed by atoms with Gasteiger partial charge in [-0.15, -0.1) is 0 Å². The molecule has 1 aliphatic carbocycles. The smallest absolute Gasteiger partial charge is 0.111 e. The van der Waals surface area contributed by atoms with Crippen LogP contribution in [-0.4, -0.2) is 21.4 Å². The van der Waals surface area contributed by atoms with E-state index in [4.69, 9.17) is 0 Å². The van der Waals surface area contributed by atoms with Gasteiger partial charge in [0.2, 0.25) is 0 Å². The van der Waals surface area contributed by atoms with Crippen LogP contribution in [0.15, 0.2) is 11.6 Å². The lowest BCUT2D eigenvalue weighted by molar-refractivity contribution is -0.107. The Bertz CT molecular complexity index is 200. The summed E-state index contributed by atoms with van der Waals surface area (Å²) in [7, 11) is 0. The van der Waals surface area contributed by atoms with E-state index in [0.717, 1.165) is 12.8 Å². The molecule has 0 heterocycles. The Morgan fingerprint density at radius 1 is 1.50 bits per heavy atom. The molecular formula is C10H18O2. The van der Waals surface area contributed by atoms with E-state index in [0.29, 0.717) is 6.42 Å². The van der Waals surface area contributed by atoms with Crippen molar-refractivity contribution in [3.63, 3.8) is 0 Å². The van der Waals surface area contributed by atoms with E-state index >= 15 is 0 Å². The van der Waals surface area contributed by atoms with E-state index < -0.39 is 11.2 Å². The van der Waals surface area contributed by atoms with E-state index in [2.05, 4.69) is 0 Å². The summed E-state index contributed by atoms with van der Waals surface area (Å²) in [6.45, 7) is 5.31. The third-order valence-electron chi connectivity index (χ3n) is 2.67. The minimum Gasteiger partial charge on any atom is -0.387 e. The molecule has 2 heteroatoms. The Kier molecular flexibility index (Phi) is 2.32. The van der Waals surface area contributed by atoms with E-state index in [1.165, 1.54) is 5.57 Å². The first-order valence-electron chi connectivity index (χ1n) is 4.48. The molecule has 12 heavy (non-hydrogen) atoms. The molecule has 0 spiro atoms. The zero-order valence-corrected chi connectivity index (χ0v) is 8.09. The van der Waals surface area contributed by atoms with Crippen molar-refractivity contribution < 1.29 is 10.2 Å². The number of hydrogen-bond acceptors (Lipinski definition) is 2. The maximum atomic E-state index is 10.1. The van der Waals surface area contributed by atoms with Gasteiger partial charge in [-0.1, -0.05) is 11.6 Å². The first-order chi connectivity index (χ1) is 5.35. The van der Waals surface area contributed by atoms with Crippen molar-refractivity contribution in [3.8, 4) is 0 Å². The average Bonchev–Trinajstić information content (AvgIpc) is 1.83. The van der Waals surface area contributed by atoms with Gasteiger partial charge in [0.05, 0.1) is 5.60 Å². The monoisotopic (exact) mass is 170 g/mol. The van der Waals surface area contributed by atoms with Crippen molar-refractivity contribution in [2.24, 2.45) is 0 Å². The molecule has 0 radical (unpaired) electrons. The van der Waals surface area contributed by atoms with E-state index in [1.54, 1.807) is 19.9 Å².